The normalized spacial score (nSPS) is 13.3. The van der Waals surface area contributed by atoms with Gasteiger partial charge in [0.05, 0.1) is 6.42 Å². The van der Waals surface area contributed by atoms with Crippen LogP contribution >= 0.6 is 0 Å². The monoisotopic (exact) mass is 502 g/mol. The Morgan fingerprint density at radius 1 is 0.636 bits per heavy atom. The van der Waals surface area contributed by atoms with Crippen LogP contribution in [-0.4, -0.2) is 69.4 Å². The summed E-state index contributed by atoms with van der Waals surface area (Å²) in [5.74, 6) is -3.37. The third kappa shape index (κ3) is 17.0. The van der Waals surface area contributed by atoms with Crippen LogP contribution in [0.4, 0.5) is 0 Å². The van der Waals surface area contributed by atoms with Crippen LogP contribution in [0.1, 0.15) is 135 Å². The van der Waals surface area contributed by atoms with Crippen molar-refractivity contribution in [1.29, 1.82) is 0 Å². The summed E-state index contributed by atoms with van der Waals surface area (Å²) in [5, 5.41) is 18.1. The first-order chi connectivity index (χ1) is 15.2. The Hall–Kier alpha value is -0.150. The third-order valence-electron chi connectivity index (χ3n) is 6.25. The summed E-state index contributed by atoms with van der Waals surface area (Å²) in [6.07, 6.45) is 19.4. The molecule has 7 nitrogen and oxygen atoms in total. The van der Waals surface area contributed by atoms with Crippen LogP contribution in [0.3, 0.4) is 0 Å². The van der Waals surface area contributed by atoms with Gasteiger partial charge in [0.1, 0.15) is 0 Å². The van der Waals surface area contributed by atoms with E-state index in [9.17, 15) is 27.7 Å². The van der Waals surface area contributed by atoms with Gasteiger partial charge in [-0.2, -0.15) is 8.42 Å². The van der Waals surface area contributed by atoms with Crippen molar-refractivity contribution < 1.29 is 32.8 Å². The van der Waals surface area contributed by atoms with E-state index in [1.165, 1.54) is 83.5 Å². The van der Waals surface area contributed by atoms with E-state index < -0.39 is 39.6 Å². The molecule has 0 amide bonds. The molecule has 0 spiro atoms. The van der Waals surface area contributed by atoms with Crippen molar-refractivity contribution in [3.8, 4) is 0 Å². The molecule has 0 radical (unpaired) electrons. The van der Waals surface area contributed by atoms with Gasteiger partial charge in [-0.05, 0) is 6.42 Å². The Labute approximate surface area is 223 Å². The maximum atomic E-state index is 11.6. The van der Waals surface area contributed by atoms with Crippen molar-refractivity contribution in [2.45, 2.75) is 140 Å². The molecule has 0 aromatic carbocycles. The molecule has 9 heteroatoms. The van der Waals surface area contributed by atoms with E-state index in [1.54, 1.807) is 0 Å². The van der Waals surface area contributed by atoms with Crippen molar-refractivity contribution in [2.75, 3.05) is 0 Å². The number of carbonyl (C=O) groups is 2. The molecular weight excluding hydrogens is 455 g/mol. The van der Waals surface area contributed by atoms with E-state index in [1.807, 2.05) is 0 Å². The average molecular weight is 503 g/mol. The van der Waals surface area contributed by atoms with Crippen molar-refractivity contribution in [3.05, 3.63) is 0 Å². The second kappa shape index (κ2) is 21.2. The van der Waals surface area contributed by atoms with Gasteiger partial charge >= 0.3 is 41.5 Å². The molecule has 0 rings (SSSR count). The van der Waals surface area contributed by atoms with E-state index in [2.05, 4.69) is 6.92 Å². The number of rotatable bonds is 23. The second-order valence-corrected chi connectivity index (χ2v) is 10.8. The predicted molar refractivity (Wildman–Crippen MR) is 135 cm³/mol. The quantitative estimate of drug-likeness (QED) is 0.0893. The molecule has 192 valence electrons. The molecule has 0 aromatic rings. The number of hydrogen-bond donors (Lipinski definition) is 3. The molecule has 33 heavy (non-hydrogen) atoms. The zero-order chi connectivity index (χ0) is 24.3. The Morgan fingerprint density at radius 3 is 1.18 bits per heavy atom. The number of unbranched alkanes of at least 4 members (excludes halogenated alkanes) is 17. The van der Waals surface area contributed by atoms with E-state index in [4.69, 9.17) is 5.11 Å². The van der Waals surface area contributed by atoms with Crippen molar-refractivity contribution in [1.82, 2.24) is 0 Å². The summed E-state index contributed by atoms with van der Waals surface area (Å²) in [7, 11) is -5.02. The summed E-state index contributed by atoms with van der Waals surface area (Å²) in [5.41, 5.74) is 0. The second-order valence-electron chi connectivity index (χ2n) is 9.11. The van der Waals surface area contributed by atoms with E-state index in [-0.39, 0.29) is 36.0 Å². The van der Waals surface area contributed by atoms with Gasteiger partial charge in [-0.3, -0.25) is 14.1 Å². The molecule has 0 bridgehead atoms. The van der Waals surface area contributed by atoms with Crippen LogP contribution in [0.15, 0.2) is 0 Å². The van der Waals surface area contributed by atoms with Gasteiger partial charge in [0.2, 0.25) is 4.75 Å². The molecule has 0 aliphatic heterocycles. The molecule has 0 heterocycles. The molecule has 0 aromatic heterocycles. The summed E-state index contributed by atoms with van der Waals surface area (Å²) in [6.45, 7) is 2.25. The van der Waals surface area contributed by atoms with Crippen LogP contribution in [0.25, 0.3) is 0 Å². The molecule has 0 aliphatic carbocycles. The summed E-state index contributed by atoms with van der Waals surface area (Å²) >= 11 is 0. The molecule has 0 saturated heterocycles. The van der Waals surface area contributed by atoms with Crippen LogP contribution < -0.4 is 0 Å². The summed E-state index contributed by atoms with van der Waals surface area (Å²) in [4.78, 5) is 22.3. The van der Waals surface area contributed by atoms with Gasteiger partial charge in [-0.1, -0.05) is 122 Å². The fourth-order valence-corrected chi connectivity index (χ4v) is 5.09. The average Bonchev–Trinajstić information content (AvgIpc) is 2.70. The van der Waals surface area contributed by atoms with Crippen molar-refractivity contribution in [3.63, 3.8) is 0 Å². The van der Waals surface area contributed by atoms with Gasteiger partial charge in [-0.25, -0.2) is 0 Å². The minimum absolute atomic E-state index is 0. The summed E-state index contributed by atoms with van der Waals surface area (Å²) < 4.78 is 29.8. The van der Waals surface area contributed by atoms with E-state index >= 15 is 0 Å². The third-order valence-corrected chi connectivity index (χ3v) is 7.77. The van der Waals surface area contributed by atoms with Crippen molar-refractivity contribution in [2.24, 2.45) is 0 Å². The van der Waals surface area contributed by atoms with Crippen LogP contribution in [0.2, 0.25) is 0 Å². The predicted octanol–water partition coefficient (Wildman–Crippen LogP) is 5.96. The van der Waals surface area contributed by atoms with Crippen molar-refractivity contribution >= 4 is 51.6 Å². The Morgan fingerprint density at radius 2 is 0.939 bits per heavy atom. The molecule has 1 atom stereocenters. The molecular formula is C24H47NaO7S. The van der Waals surface area contributed by atoms with E-state index in [0.717, 1.165) is 19.3 Å². The first-order valence-corrected chi connectivity index (χ1v) is 14.0. The standard InChI is InChI=1S/C24H46O7S.Na.H/c1-2-3-4-5-6-7-8-9-10-11-12-13-14-15-16-17-18-19-20-24(23(27)28,21-22(25)26)32(29,30)31;;/h2-21H2,1H3,(H,25,26)(H,27,28)(H,29,30,31);;. The van der Waals surface area contributed by atoms with Gasteiger partial charge in [0.25, 0.3) is 10.1 Å². The maximum absolute atomic E-state index is 11.6. The van der Waals surface area contributed by atoms with Gasteiger partial charge in [0.15, 0.2) is 0 Å². The molecule has 3 N–H and O–H groups in total. The molecule has 0 fully saturated rings. The molecule has 0 aliphatic rings. The van der Waals surface area contributed by atoms with Gasteiger partial charge in [-0.15, -0.1) is 0 Å². The first-order valence-electron chi connectivity index (χ1n) is 12.6. The zero-order valence-corrected chi connectivity index (χ0v) is 20.8. The number of carboxylic acid groups (broad SMARTS) is 2. The minimum atomic E-state index is -5.02. The van der Waals surface area contributed by atoms with Crippen LogP contribution in [0.5, 0.6) is 0 Å². The SMILES string of the molecule is CCCCCCCCCCCCCCCCCCCCC(CC(=O)O)(C(=O)O)S(=O)(=O)O.[NaH]. The Kier molecular flexibility index (Phi) is 22.5. The van der Waals surface area contributed by atoms with Gasteiger partial charge < -0.3 is 10.2 Å². The van der Waals surface area contributed by atoms with Crippen LogP contribution in [0, 0.1) is 0 Å². The molecule has 1 unspecified atom stereocenters. The Bertz CT molecular complexity index is 610. The number of carboxylic acids is 2. The fourth-order valence-electron chi connectivity index (χ4n) is 4.16. The van der Waals surface area contributed by atoms with E-state index in [0.29, 0.717) is 6.42 Å². The van der Waals surface area contributed by atoms with Crippen LogP contribution in [-0.2, 0) is 19.7 Å². The topological polar surface area (TPSA) is 129 Å². The first kappa shape index (κ1) is 35.0. The zero-order valence-electron chi connectivity index (χ0n) is 20.0. The molecule has 0 saturated carbocycles. The fraction of sp³-hybridized carbons (Fsp3) is 0.917. The van der Waals surface area contributed by atoms with Gasteiger partial charge in [0, 0.05) is 0 Å². The number of hydrogen-bond acceptors (Lipinski definition) is 4. The number of aliphatic carboxylic acids is 2. The summed E-state index contributed by atoms with van der Waals surface area (Å²) in [6, 6.07) is 0. The Balaban J connectivity index is 0.